The highest BCUT2D eigenvalue weighted by atomic mass is 32.2. The van der Waals surface area contributed by atoms with Gasteiger partial charge in [-0.25, -0.2) is 22.2 Å². The quantitative estimate of drug-likeness (QED) is 0.378. The Balaban J connectivity index is 1.51. The molecule has 1 aliphatic carbocycles. The third-order valence-electron chi connectivity index (χ3n) is 6.98. The number of benzene rings is 2. The van der Waals surface area contributed by atoms with Crippen molar-refractivity contribution in [3.8, 4) is 0 Å². The van der Waals surface area contributed by atoms with E-state index in [9.17, 15) is 17.2 Å². The predicted molar refractivity (Wildman–Crippen MR) is 130 cm³/mol. The van der Waals surface area contributed by atoms with Crippen LogP contribution in [0.4, 0.5) is 8.78 Å². The van der Waals surface area contributed by atoms with Crippen LogP contribution in [0.5, 0.6) is 0 Å². The average Bonchev–Trinajstić information content (AvgIpc) is 3.45. The van der Waals surface area contributed by atoms with E-state index in [0.29, 0.717) is 29.7 Å². The zero-order chi connectivity index (χ0) is 23.9. The molecule has 0 bridgehead atoms. The van der Waals surface area contributed by atoms with E-state index in [2.05, 4.69) is 11.5 Å². The second kappa shape index (κ2) is 9.59. The van der Waals surface area contributed by atoms with Crippen molar-refractivity contribution >= 4 is 32.8 Å². The Morgan fingerprint density at radius 2 is 1.79 bits per heavy atom. The predicted octanol–water partition coefficient (Wildman–Crippen LogP) is 6.14. The highest BCUT2D eigenvalue weighted by Crippen LogP contribution is 2.38. The van der Waals surface area contributed by atoms with Crippen LogP contribution < -0.4 is 0 Å². The van der Waals surface area contributed by atoms with Crippen LogP contribution in [-0.2, 0) is 15.8 Å². The molecule has 2 aliphatic rings. The van der Waals surface area contributed by atoms with Crippen LogP contribution in [0.15, 0.2) is 46.5 Å². The van der Waals surface area contributed by atoms with Gasteiger partial charge in [0.2, 0.25) is 10.0 Å². The van der Waals surface area contributed by atoms with Crippen LogP contribution in [0.1, 0.15) is 57.1 Å². The largest absolute Gasteiger partial charge is 0.316 e. The Bertz CT molecular complexity index is 1280. The van der Waals surface area contributed by atoms with Gasteiger partial charge in [0.15, 0.2) is 5.16 Å². The lowest BCUT2D eigenvalue weighted by molar-refractivity contribution is 0.281. The molecule has 1 aromatic heterocycles. The number of halogens is 2. The smallest absolute Gasteiger partial charge is 0.243 e. The van der Waals surface area contributed by atoms with Gasteiger partial charge in [0.25, 0.3) is 0 Å². The van der Waals surface area contributed by atoms with Crippen LogP contribution in [0, 0.1) is 17.6 Å². The fourth-order valence-electron chi connectivity index (χ4n) is 5.15. The molecular formula is C25H29F2N3O2S2. The highest BCUT2D eigenvalue weighted by molar-refractivity contribution is 7.98. The fraction of sp³-hybridized carbons (Fsp3) is 0.480. The van der Waals surface area contributed by atoms with E-state index >= 15 is 0 Å². The summed E-state index contributed by atoms with van der Waals surface area (Å²) in [5, 5.41) is 0.672. The minimum Gasteiger partial charge on any atom is -0.316 e. The lowest BCUT2D eigenvalue weighted by Gasteiger charge is -2.30. The van der Waals surface area contributed by atoms with Gasteiger partial charge in [0, 0.05) is 30.4 Å². The molecule has 5 rings (SSSR count). The zero-order valence-electron chi connectivity index (χ0n) is 19.2. The van der Waals surface area contributed by atoms with Crippen molar-refractivity contribution in [3.63, 3.8) is 0 Å². The van der Waals surface area contributed by atoms with E-state index in [1.165, 1.54) is 30.0 Å². The zero-order valence-corrected chi connectivity index (χ0v) is 20.8. The first-order valence-corrected chi connectivity index (χ1v) is 14.3. The third-order valence-corrected chi connectivity index (χ3v) is 9.82. The maximum Gasteiger partial charge on any atom is 0.243 e. The van der Waals surface area contributed by atoms with Gasteiger partial charge in [-0.2, -0.15) is 4.31 Å². The fourth-order valence-corrected chi connectivity index (χ4v) is 7.87. The van der Waals surface area contributed by atoms with Gasteiger partial charge < -0.3 is 4.57 Å². The van der Waals surface area contributed by atoms with Crippen LogP contribution in [-0.4, -0.2) is 35.4 Å². The molecule has 182 valence electrons. The molecule has 1 saturated heterocycles. The molecular weight excluding hydrogens is 476 g/mol. The molecule has 5 nitrogen and oxygen atoms in total. The number of rotatable bonds is 6. The second-order valence-electron chi connectivity index (χ2n) is 9.45. The maximum atomic E-state index is 14.2. The van der Waals surface area contributed by atoms with Crippen LogP contribution in [0.2, 0.25) is 0 Å². The van der Waals surface area contributed by atoms with Crippen molar-refractivity contribution in [1.29, 1.82) is 0 Å². The summed E-state index contributed by atoms with van der Waals surface area (Å²) in [5.74, 6) is -0.679. The molecule has 9 heteroatoms. The number of aromatic nitrogens is 2. The summed E-state index contributed by atoms with van der Waals surface area (Å²) in [6, 6.07) is 9.31. The van der Waals surface area contributed by atoms with Crippen molar-refractivity contribution in [2.45, 2.75) is 67.3 Å². The van der Waals surface area contributed by atoms with E-state index in [0.717, 1.165) is 44.0 Å². The van der Waals surface area contributed by atoms with Crippen LogP contribution in [0.25, 0.3) is 11.0 Å². The van der Waals surface area contributed by atoms with Crippen molar-refractivity contribution < 1.29 is 17.2 Å². The SMILES string of the molecule is C[C@@H]1CCCN(S(=O)(=O)c2ccc3c(c2)nc(SCc2c(F)cccc2F)n3C2CCCC2)C1. The van der Waals surface area contributed by atoms with Crippen LogP contribution in [0.3, 0.4) is 0 Å². The molecule has 0 spiro atoms. The summed E-state index contributed by atoms with van der Waals surface area (Å²) < 4.78 is 58.7. The molecule has 0 radical (unpaired) electrons. The molecule has 2 fully saturated rings. The van der Waals surface area contributed by atoms with Gasteiger partial charge in [-0.15, -0.1) is 0 Å². The number of fused-ring (bicyclic) bond motifs is 1. The number of thioether (sulfide) groups is 1. The van der Waals surface area contributed by atoms with Crippen molar-refractivity contribution in [2.75, 3.05) is 13.1 Å². The summed E-state index contributed by atoms with van der Waals surface area (Å²) >= 11 is 1.29. The van der Waals surface area contributed by atoms with Gasteiger partial charge in [-0.05, 0) is 61.9 Å². The molecule has 1 atom stereocenters. The Morgan fingerprint density at radius 3 is 2.50 bits per heavy atom. The number of hydrogen-bond acceptors (Lipinski definition) is 4. The number of nitrogens with zero attached hydrogens (tertiary/aromatic N) is 3. The summed E-state index contributed by atoms with van der Waals surface area (Å²) in [6.45, 7) is 3.15. The molecule has 1 saturated carbocycles. The van der Waals surface area contributed by atoms with E-state index in [-0.39, 0.29) is 22.3 Å². The standard InChI is InChI=1S/C25H29F2N3O2S2/c1-17-6-5-13-29(15-17)34(31,32)19-11-12-24-23(14-19)28-25(30(24)18-7-2-3-8-18)33-16-20-21(26)9-4-10-22(20)27/h4,9-12,14,17-18H,2-3,5-8,13,15-16H2,1H3/t17-/m1/s1. The van der Waals surface area contributed by atoms with E-state index < -0.39 is 21.7 Å². The van der Waals surface area contributed by atoms with Crippen molar-refractivity contribution in [3.05, 3.63) is 53.6 Å². The Morgan fingerprint density at radius 1 is 1.06 bits per heavy atom. The molecule has 0 unspecified atom stereocenters. The Hall–Kier alpha value is -1.97. The first kappa shape index (κ1) is 23.8. The van der Waals surface area contributed by atoms with Gasteiger partial charge in [-0.3, -0.25) is 0 Å². The topological polar surface area (TPSA) is 55.2 Å². The number of piperidine rings is 1. The highest BCUT2D eigenvalue weighted by Gasteiger charge is 2.30. The average molecular weight is 506 g/mol. The number of sulfonamides is 1. The monoisotopic (exact) mass is 505 g/mol. The van der Waals surface area contributed by atoms with Gasteiger partial charge in [-0.1, -0.05) is 37.6 Å². The van der Waals surface area contributed by atoms with Gasteiger partial charge in [0.05, 0.1) is 15.9 Å². The first-order chi connectivity index (χ1) is 16.3. The Kier molecular flexibility index (Phi) is 6.70. The molecule has 0 amide bonds. The minimum atomic E-state index is -3.60. The lowest BCUT2D eigenvalue weighted by atomic mass is 10.0. The molecule has 1 aliphatic heterocycles. The molecule has 34 heavy (non-hydrogen) atoms. The molecule has 3 aromatic rings. The van der Waals surface area contributed by atoms with Gasteiger partial charge >= 0.3 is 0 Å². The van der Waals surface area contributed by atoms with E-state index in [4.69, 9.17) is 4.98 Å². The summed E-state index contributed by atoms with van der Waals surface area (Å²) in [7, 11) is -3.60. The van der Waals surface area contributed by atoms with Gasteiger partial charge in [0.1, 0.15) is 11.6 Å². The molecule has 0 N–H and O–H groups in total. The van der Waals surface area contributed by atoms with Crippen molar-refractivity contribution in [1.82, 2.24) is 13.9 Å². The van der Waals surface area contributed by atoms with E-state index in [1.807, 2.05) is 6.07 Å². The summed E-state index contributed by atoms with van der Waals surface area (Å²) in [5.41, 5.74) is 1.50. The maximum absolute atomic E-state index is 14.2. The lowest BCUT2D eigenvalue weighted by Crippen LogP contribution is -2.39. The summed E-state index contributed by atoms with van der Waals surface area (Å²) in [6.07, 6.45) is 6.18. The Labute approximate surface area is 203 Å². The molecule has 2 heterocycles. The van der Waals surface area contributed by atoms with Crippen LogP contribution >= 0.6 is 11.8 Å². The van der Waals surface area contributed by atoms with Crippen molar-refractivity contribution in [2.24, 2.45) is 5.92 Å². The summed E-state index contributed by atoms with van der Waals surface area (Å²) in [4.78, 5) is 5.02. The third kappa shape index (κ3) is 4.50. The van der Waals surface area contributed by atoms with E-state index in [1.54, 1.807) is 16.4 Å². The number of imidazole rings is 1. The minimum absolute atomic E-state index is 0.0278. The second-order valence-corrected chi connectivity index (χ2v) is 12.3. The first-order valence-electron chi connectivity index (χ1n) is 11.9. The normalized spacial score (nSPS) is 20.4. The number of hydrogen-bond donors (Lipinski definition) is 0. The molecule has 2 aromatic carbocycles.